The van der Waals surface area contributed by atoms with Crippen LogP contribution in [0.1, 0.15) is 24.8 Å². The minimum Gasteiger partial charge on any atom is -0.497 e. The molecule has 3 heteroatoms. The van der Waals surface area contributed by atoms with Gasteiger partial charge in [0, 0.05) is 18.3 Å². The van der Waals surface area contributed by atoms with Gasteiger partial charge in [0.05, 0.1) is 7.11 Å². The molecule has 0 spiro atoms. The van der Waals surface area contributed by atoms with Crippen LogP contribution in [0.2, 0.25) is 0 Å². The number of ether oxygens (including phenoxy) is 1. The fourth-order valence-corrected chi connectivity index (χ4v) is 1.80. The molecule has 0 radical (unpaired) electrons. The van der Waals surface area contributed by atoms with Crippen LogP contribution < -0.4 is 15.8 Å². The molecule has 2 rings (SSSR count). The van der Waals surface area contributed by atoms with Crippen LogP contribution in [0.25, 0.3) is 0 Å². The summed E-state index contributed by atoms with van der Waals surface area (Å²) in [6, 6.07) is 5.85. The molecule has 0 amide bonds. The molecule has 0 bridgehead atoms. The fourth-order valence-electron chi connectivity index (χ4n) is 1.80. The van der Waals surface area contributed by atoms with E-state index in [-0.39, 0.29) is 0 Å². The third-order valence-corrected chi connectivity index (χ3v) is 3.09. The van der Waals surface area contributed by atoms with Gasteiger partial charge >= 0.3 is 0 Å². The van der Waals surface area contributed by atoms with Crippen molar-refractivity contribution in [2.24, 2.45) is 5.92 Å². The maximum Gasteiger partial charge on any atom is 0.120 e. The molecule has 3 nitrogen and oxygen atoms in total. The van der Waals surface area contributed by atoms with Gasteiger partial charge in [0.2, 0.25) is 0 Å². The Kier molecular flexibility index (Phi) is 3.67. The number of hydrogen-bond acceptors (Lipinski definition) is 3. The summed E-state index contributed by atoms with van der Waals surface area (Å²) < 4.78 is 5.11. The van der Waals surface area contributed by atoms with Gasteiger partial charge in [-0.15, -0.1) is 0 Å². The number of nitrogens with one attached hydrogen (secondary N) is 1. The molecule has 0 aromatic heterocycles. The highest BCUT2D eigenvalue weighted by Gasteiger charge is 2.19. The van der Waals surface area contributed by atoms with Crippen LogP contribution in [0.3, 0.4) is 0 Å². The Labute approximate surface area is 97.0 Å². The van der Waals surface area contributed by atoms with Gasteiger partial charge in [0.15, 0.2) is 0 Å². The van der Waals surface area contributed by atoms with Gasteiger partial charge in [-0.05, 0) is 30.5 Å². The summed E-state index contributed by atoms with van der Waals surface area (Å²) in [4.78, 5) is 0. The quantitative estimate of drug-likeness (QED) is 0.570. The topological polar surface area (TPSA) is 47.3 Å². The Balaban J connectivity index is 1.78. The molecule has 0 unspecified atom stereocenters. The Hall–Kier alpha value is -1.22. The first-order valence-electron chi connectivity index (χ1n) is 5.92. The lowest BCUT2D eigenvalue weighted by Gasteiger charge is -2.09. The van der Waals surface area contributed by atoms with Gasteiger partial charge in [-0.3, -0.25) is 0 Å². The average Bonchev–Trinajstić information content (AvgIpc) is 3.10. The molecule has 0 saturated heterocycles. The van der Waals surface area contributed by atoms with Gasteiger partial charge in [-0.1, -0.05) is 18.9 Å². The molecule has 1 fully saturated rings. The molecule has 0 heterocycles. The summed E-state index contributed by atoms with van der Waals surface area (Å²) >= 11 is 0. The van der Waals surface area contributed by atoms with Crippen molar-refractivity contribution in [3.05, 3.63) is 23.8 Å². The number of anilines is 1. The number of benzene rings is 1. The summed E-state index contributed by atoms with van der Waals surface area (Å²) in [7, 11) is 1.66. The van der Waals surface area contributed by atoms with E-state index >= 15 is 0 Å². The molecule has 16 heavy (non-hydrogen) atoms. The van der Waals surface area contributed by atoms with Crippen molar-refractivity contribution in [1.29, 1.82) is 0 Å². The van der Waals surface area contributed by atoms with Crippen molar-refractivity contribution >= 4 is 5.69 Å². The van der Waals surface area contributed by atoms with Gasteiger partial charge in [-0.25, -0.2) is 0 Å². The summed E-state index contributed by atoms with van der Waals surface area (Å²) in [5.74, 6) is 1.81. The molecule has 1 aromatic rings. The minimum atomic E-state index is 0.804. The summed E-state index contributed by atoms with van der Waals surface area (Å²) in [6.45, 7) is 1.94. The Bertz CT molecular complexity index is 348. The van der Waals surface area contributed by atoms with Crippen LogP contribution in [0.15, 0.2) is 18.2 Å². The van der Waals surface area contributed by atoms with Crippen molar-refractivity contribution in [3.63, 3.8) is 0 Å². The van der Waals surface area contributed by atoms with E-state index in [2.05, 4.69) is 5.32 Å². The van der Waals surface area contributed by atoms with Crippen molar-refractivity contribution < 1.29 is 4.74 Å². The van der Waals surface area contributed by atoms with Crippen LogP contribution in [0, 0.1) is 5.92 Å². The second kappa shape index (κ2) is 5.21. The van der Waals surface area contributed by atoms with E-state index in [1.807, 2.05) is 18.2 Å². The van der Waals surface area contributed by atoms with Crippen LogP contribution in [0.5, 0.6) is 5.75 Å². The van der Waals surface area contributed by atoms with Crippen molar-refractivity contribution in [2.45, 2.75) is 25.8 Å². The zero-order valence-corrected chi connectivity index (χ0v) is 9.83. The standard InChI is InChI=1S/C13H20N2O/c1-16-12-5-4-11(13(14)8-12)9-15-7-6-10-2-3-10/h4-5,8,10,15H,2-3,6-7,9,14H2,1H3. The molecule has 1 saturated carbocycles. The summed E-state index contributed by atoms with van der Waals surface area (Å²) in [5, 5.41) is 3.43. The highest BCUT2D eigenvalue weighted by atomic mass is 16.5. The van der Waals surface area contributed by atoms with E-state index in [1.165, 1.54) is 19.3 Å². The number of rotatable bonds is 6. The zero-order chi connectivity index (χ0) is 11.4. The van der Waals surface area contributed by atoms with E-state index in [4.69, 9.17) is 10.5 Å². The lowest BCUT2D eigenvalue weighted by Crippen LogP contribution is -2.16. The number of methoxy groups -OCH3 is 1. The highest BCUT2D eigenvalue weighted by molar-refractivity contribution is 5.51. The van der Waals surface area contributed by atoms with Crippen molar-refractivity contribution in [1.82, 2.24) is 5.32 Å². The van der Waals surface area contributed by atoms with E-state index in [1.54, 1.807) is 7.11 Å². The normalized spacial score (nSPS) is 15.1. The van der Waals surface area contributed by atoms with Gasteiger partial charge < -0.3 is 15.8 Å². The van der Waals surface area contributed by atoms with E-state index < -0.39 is 0 Å². The molecule has 1 aromatic carbocycles. The summed E-state index contributed by atoms with van der Waals surface area (Å²) in [6.07, 6.45) is 4.15. The average molecular weight is 220 g/mol. The number of nitrogen functional groups attached to an aromatic ring is 1. The molecule has 3 N–H and O–H groups in total. The lowest BCUT2D eigenvalue weighted by atomic mass is 10.1. The zero-order valence-electron chi connectivity index (χ0n) is 9.83. The first kappa shape index (κ1) is 11.3. The molecule has 1 aliphatic rings. The Morgan fingerprint density at radius 3 is 2.88 bits per heavy atom. The van der Waals surface area contributed by atoms with Gasteiger partial charge in [0.1, 0.15) is 5.75 Å². The molecule has 0 aliphatic heterocycles. The second-order valence-electron chi connectivity index (χ2n) is 4.47. The third-order valence-electron chi connectivity index (χ3n) is 3.09. The smallest absolute Gasteiger partial charge is 0.120 e. The summed E-state index contributed by atoms with van der Waals surface area (Å²) in [5.41, 5.74) is 7.88. The van der Waals surface area contributed by atoms with Crippen LogP contribution in [-0.4, -0.2) is 13.7 Å². The first-order chi connectivity index (χ1) is 7.79. The van der Waals surface area contributed by atoms with E-state index in [0.717, 1.165) is 36.0 Å². The Morgan fingerprint density at radius 2 is 2.25 bits per heavy atom. The third kappa shape index (κ3) is 3.14. The van der Waals surface area contributed by atoms with Crippen molar-refractivity contribution in [3.8, 4) is 5.75 Å². The first-order valence-corrected chi connectivity index (χ1v) is 5.92. The SMILES string of the molecule is COc1ccc(CNCCC2CC2)c(N)c1. The second-order valence-corrected chi connectivity index (χ2v) is 4.47. The Morgan fingerprint density at radius 1 is 1.44 bits per heavy atom. The van der Waals surface area contributed by atoms with Gasteiger partial charge in [-0.2, -0.15) is 0 Å². The number of nitrogens with two attached hydrogens (primary N) is 1. The van der Waals surface area contributed by atoms with Crippen LogP contribution >= 0.6 is 0 Å². The van der Waals surface area contributed by atoms with Crippen LogP contribution in [-0.2, 0) is 6.54 Å². The molecule has 0 atom stereocenters. The van der Waals surface area contributed by atoms with E-state index in [0.29, 0.717) is 0 Å². The van der Waals surface area contributed by atoms with E-state index in [9.17, 15) is 0 Å². The largest absolute Gasteiger partial charge is 0.497 e. The molecule has 88 valence electrons. The van der Waals surface area contributed by atoms with Gasteiger partial charge in [0.25, 0.3) is 0 Å². The lowest BCUT2D eigenvalue weighted by molar-refractivity contribution is 0.415. The van der Waals surface area contributed by atoms with Crippen molar-refractivity contribution in [2.75, 3.05) is 19.4 Å². The molecular formula is C13H20N2O. The minimum absolute atomic E-state index is 0.804. The monoisotopic (exact) mass is 220 g/mol. The predicted octanol–water partition coefficient (Wildman–Crippen LogP) is 2.17. The molecule has 1 aliphatic carbocycles. The maximum atomic E-state index is 5.93. The number of hydrogen-bond donors (Lipinski definition) is 2. The highest BCUT2D eigenvalue weighted by Crippen LogP contribution is 2.31. The predicted molar refractivity (Wildman–Crippen MR) is 66.5 cm³/mol. The fraction of sp³-hybridized carbons (Fsp3) is 0.538. The van der Waals surface area contributed by atoms with Crippen LogP contribution in [0.4, 0.5) is 5.69 Å². The maximum absolute atomic E-state index is 5.93. The molecular weight excluding hydrogens is 200 g/mol.